The van der Waals surface area contributed by atoms with Crippen molar-refractivity contribution in [2.24, 2.45) is 0 Å². The molecule has 1 unspecified atom stereocenters. The minimum atomic E-state index is -3.69. The van der Waals surface area contributed by atoms with Gasteiger partial charge in [-0.15, -0.1) is 29.1 Å². The Labute approximate surface area is 207 Å². The number of nitrogens with one attached hydrogen (secondary N) is 1. The molecule has 174 valence electrons. The third kappa shape index (κ3) is 6.41. The maximum absolute atomic E-state index is 12.8. The van der Waals surface area contributed by atoms with Gasteiger partial charge in [-0.05, 0) is 24.6 Å². The first-order chi connectivity index (χ1) is 17.0. The van der Waals surface area contributed by atoms with Crippen LogP contribution in [-0.4, -0.2) is 8.42 Å². The molecule has 0 amide bonds. The van der Waals surface area contributed by atoms with E-state index in [0.29, 0.717) is 0 Å². The number of hydrogen-bond acceptors (Lipinski definition) is 2. The summed E-state index contributed by atoms with van der Waals surface area (Å²) in [4.78, 5) is 4.98. The van der Waals surface area contributed by atoms with E-state index >= 15 is 0 Å². The van der Waals surface area contributed by atoms with Crippen molar-refractivity contribution >= 4 is 10.0 Å². The molecule has 0 heterocycles. The van der Waals surface area contributed by atoms with Gasteiger partial charge >= 0.3 is 0 Å². The summed E-state index contributed by atoms with van der Waals surface area (Å²) >= 11 is 0. The first-order valence-electron chi connectivity index (χ1n) is 11.3. The third-order valence-corrected chi connectivity index (χ3v) is 6.78. The van der Waals surface area contributed by atoms with Gasteiger partial charge in [0.2, 0.25) is 12.1 Å². The van der Waals surface area contributed by atoms with Crippen molar-refractivity contribution in [1.29, 1.82) is 0 Å². The van der Waals surface area contributed by atoms with E-state index in [1.54, 1.807) is 24.3 Å². The highest BCUT2D eigenvalue weighted by Gasteiger charge is 2.27. The second-order valence-electron chi connectivity index (χ2n) is 8.02. The Morgan fingerprint density at radius 1 is 0.800 bits per heavy atom. The first kappa shape index (κ1) is 23.9. The van der Waals surface area contributed by atoms with E-state index in [0.717, 1.165) is 28.3 Å². The fourth-order valence-corrected chi connectivity index (χ4v) is 4.48. The minimum Gasteiger partial charge on any atom is -0.287 e. The van der Waals surface area contributed by atoms with Crippen LogP contribution in [0.4, 0.5) is 0 Å². The molecule has 0 bridgehead atoms. The number of hydrogen-bond donors (Lipinski definition) is 1. The lowest BCUT2D eigenvalue weighted by atomic mass is 9.87. The number of rotatable bonds is 7. The summed E-state index contributed by atoms with van der Waals surface area (Å²) in [6.45, 7) is 1.92. The van der Waals surface area contributed by atoms with Gasteiger partial charge in [0, 0.05) is 11.8 Å². The summed E-state index contributed by atoms with van der Waals surface area (Å²) in [5.41, 5.74) is 3.77. The van der Waals surface area contributed by atoms with Crippen LogP contribution in [0.5, 0.6) is 0 Å². The Balaban J connectivity index is 1.71. The van der Waals surface area contributed by atoms with Crippen LogP contribution in [0.1, 0.15) is 28.2 Å². The minimum absolute atomic E-state index is 0.215. The predicted octanol–water partition coefficient (Wildman–Crippen LogP) is 6.53. The molecular weight excluding hydrogens is 452 g/mol. The van der Waals surface area contributed by atoms with Crippen molar-refractivity contribution < 1.29 is 8.42 Å². The topological polar surface area (TPSA) is 50.5 Å². The van der Waals surface area contributed by atoms with Crippen LogP contribution < -0.4 is 4.72 Å². The van der Waals surface area contributed by atoms with Gasteiger partial charge in [0.1, 0.15) is 0 Å². The van der Waals surface area contributed by atoms with Crippen molar-refractivity contribution in [3.05, 3.63) is 161 Å². The fourth-order valence-electron chi connectivity index (χ4n) is 3.59. The quantitative estimate of drug-likeness (QED) is 0.307. The van der Waals surface area contributed by atoms with Crippen LogP contribution in [0.25, 0.3) is 4.85 Å². The molecule has 0 radical (unpaired) electrons. The lowest BCUT2D eigenvalue weighted by Gasteiger charge is -2.17. The van der Waals surface area contributed by atoms with E-state index in [9.17, 15) is 8.42 Å². The lowest BCUT2D eigenvalue weighted by molar-refractivity contribution is 0.590. The third-order valence-electron chi connectivity index (χ3n) is 5.45. The zero-order valence-corrected chi connectivity index (χ0v) is 20.2. The summed E-state index contributed by atoms with van der Waals surface area (Å²) < 4.78 is 28.2. The van der Waals surface area contributed by atoms with Crippen LogP contribution in [0.3, 0.4) is 0 Å². The Kier molecular flexibility index (Phi) is 7.67. The number of nitrogens with zero attached hydrogens (tertiary/aromatic N) is 1. The fraction of sp³-hybridized carbons (Fsp3) is 0.0667. The van der Waals surface area contributed by atoms with Crippen LogP contribution in [0.15, 0.2) is 132 Å². The first-order valence-corrected chi connectivity index (χ1v) is 12.8. The molecule has 4 nitrogen and oxygen atoms in total. The van der Waals surface area contributed by atoms with Gasteiger partial charge in [0.05, 0.1) is 10.8 Å². The molecule has 1 atom stereocenters. The number of sulfonamides is 1. The van der Waals surface area contributed by atoms with E-state index in [-0.39, 0.29) is 10.8 Å². The molecule has 5 heteroatoms. The highest BCUT2D eigenvalue weighted by molar-refractivity contribution is 7.89. The van der Waals surface area contributed by atoms with Gasteiger partial charge in [-0.1, -0.05) is 96.1 Å². The van der Waals surface area contributed by atoms with Gasteiger partial charge in [-0.2, -0.15) is 0 Å². The second-order valence-corrected chi connectivity index (χ2v) is 9.74. The van der Waals surface area contributed by atoms with Crippen molar-refractivity contribution in [3.8, 4) is 6.07 Å². The SMILES string of the molecule is Cc1ccc(S(=O)(=O)N/C=C/C(c2ccccc2)[C-]([N+]#Cc2ccccc2)c2ccccc2)cc1. The van der Waals surface area contributed by atoms with Gasteiger partial charge in [0.15, 0.2) is 0 Å². The molecule has 0 spiro atoms. The van der Waals surface area contributed by atoms with Crippen molar-refractivity contribution in [1.82, 2.24) is 4.72 Å². The molecule has 4 aromatic rings. The summed E-state index contributed by atoms with van der Waals surface area (Å²) in [5.74, 6) is -0.310. The van der Waals surface area contributed by atoms with Crippen molar-refractivity contribution in [2.75, 3.05) is 0 Å². The maximum atomic E-state index is 12.8. The highest BCUT2D eigenvalue weighted by atomic mass is 32.2. The molecule has 0 aliphatic carbocycles. The summed E-state index contributed by atoms with van der Waals surface area (Å²) in [6, 6.07) is 40.1. The van der Waals surface area contributed by atoms with Gasteiger partial charge in [-0.25, -0.2) is 8.42 Å². The van der Waals surface area contributed by atoms with Crippen molar-refractivity contribution in [3.63, 3.8) is 0 Å². The molecule has 0 aliphatic rings. The number of aryl methyl sites for hydroxylation is 1. The molecule has 0 aliphatic heterocycles. The van der Waals surface area contributed by atoms with Crippen molar-refractivity contribution in [2.45, 2.75) is 17.7 Å². The normalized spacial score (nSPS) is 11.9. The largest absolute Gasteiger partial charge is 0.287 e. The van der Waals surface area contributed by atoms with Crippen LogP contribution in [0, 0.1) is 19.0 Å². The Morgan fingerprint density at radius 3 is 2.00 bits per heavy atom. The maximum Gasteiger partial charge on any atom is 0.261 e. The molecule has 1 N–H and O–H groups in total. The molecular formula is C30H26N2O2S. The lowest BCUT2D eigenvalue weighted by Crippen LogP contribution is -2.18. The molecule has 0 aromatic heterocycles. The second kappa shape index (κ2) is 11.2. The zero-order valence-electron chi connectivity index (χ0n) is 19.4. The van der Waals surface area contributed by atoms with Crippen LogP contribution in [-0.2, 0) is 10.0 Å². The van der Waals surface area contributed by atoms with E-state index < -0.39 is 10.0 Å². The van der Waals surface area contributed by atoms with Gasteiger partial charge in [-0.3, -0.25) is 4.72 Å². The smallest absolute Gasteiger partial charge is 0.261 e. The molecule has 0 fully saturated rings. The Hall–Kier alpha value is -4.27. The predicted molar refractivity (Wildman–Crippen MR) is 141 cm³/mol. The zero-order chi connectivity index (χ0) is 24.5. The molecule has 0 saturated carbocycles. The summed E-state index contributed by atoms with van der Waals surface area (Å²) in [5, 5.41) is 0. The molecule has 0 saturated heterocycles. The number of benzene rings is 4. The molecule has 4 rings (SSSR count). The van der Waals surface area contributed by atoms with E-state index in [4.69, 9.17) is 4.85 Å². The van der Waals surface area contributed by atoms with Gasteiger partial charge < -0.3 is 0 Å². The van der Waals surface area contributed by atoms with E-state index in [1.807, 2.05) is 104 Å². The Morgan fingerprint density at radius 2 is 1.37 bits per heavy atom. The highest BCUT2D eigenvalue weighted by Crippen LogP contribution is 2.35. The van der Waals surface area contributed by atoms with E-state index in [1.165, 1.54) is 6.20 Å². The van der Waals surface area contributed by atoms with Gasteiger partial charge in [0.25, 0.3) is 10.0 Å². The average Bonchev–Trinajstić information content (AvgIpc) is 2.90. The van der Waals surface area contributed by atoms with Crippen LogP contribution >= 0.6 is 0 Å². The summed E-state index contributed by atoms with van der Waals surface area (Å²) in [6.07, 6.45) is 3.30. The van der Waals surface area contributed by atoms with E-state index in [2.05, 4.69) is 10.8 Å². The summed E-state index contributed by atoms with van der Waals surface area (Å²) in [7, 11) is -3.69. The Bertz CT molecular complexity index is 1420. The molecule has 4 aromatic carbocycles. The average molecular weight is 479 g/mol. The van der Waals surface area contributed by atoms with Crippen LogP contribution in [0.2, 0.25) is 0 Å². The monoisotopic (exact) mass is 478 g/mol. The molecule has 35 heavy (non-hydrogen) atoms. The standard InChI is InChI=1S/C30H26N2O2S/c1-24-17-19-28(20-18-24)35(33,34)32-22-21-29(26-13-7-3-8-14-26)30(27-15-9-4-10-16-27)31-23-25-11-5-2-6-12-25/h2-22,29,32H,1H3/b22-21+.